The molecule has 0 aliphatic carbocycles. The lowest BCUT2D eigenvalue weighted by Gasteiger charge is -2.10. The van der Waals surface area contributed by atoms with E-state index in [0.717, 1.165) is 42.9 Å². The third-order valence-corrected chi connectivity index (χ3v) is 3.59. The summed E-state index contributed by atoms with van der Waals surface area (Å²) in [7, 11) is 1.68. The molecule has 1 aromatic heterocycles. The van der Waals surface area contributed by atoms with Gasteiger partial charge in [0.2, 0.25) is 0 Å². The van der Waals surface area contributed by atoms with Crippen molar-refractivity contribution in [2.45, 2.75) is 31.7 Å². The van der Waals surface area contributed by atoms with E-state index in [9.17, 15) is 0 Å². The van der Waals surface area contributed by atoms with E-state index in [0.29, 0.717) is 13.2 Å². The maximum atomic E-state index is 6.26. The Morgan fingerprint density at radius 3 is 2.76 bits per heavy atom. The highest BCUT2D eigenvalue weighted by molar-refractivity contribution is 6.20. The van der Waals surface area contributed by atoms with Gasteiger partial charge in [0, 0.05) is 20.3 Å². The summed E-state index contributed by atoms with van der Waals surface area (Å²) in [5, 5.41) is -0.0876. The van der Waals surface area contributed by atoms with E-state index in [2.05, 4.69) is 15.6 Å². The molecule has 0 spiro atoms. The second-order valence-corrected chi connectivity index (χ2v) is 5.69. The zero-order chi connectivity index (χ0) is 15.1. The molecule has 0 N–H and O–H groups in total. The van der Waals surface area contributed by atoms with E-state index in [1.54, 1.807) is 7.11 Å². The van der Waals surface area contributed by atoms with Crippen molar-refractivity contribution in [2.75, 3.05) is 26.9 Å². The Morgan fingerprint density at radius 1 is 1.19 bits per heavy atom. The van der Waals surface area contributed by atoms with Gasteiger partial charge in [-0.05, 0) is 31.9 Å². The van der Waals surface area contributed by atoms with Crippen LogP contribution >= 0.6 is 11.6 Å². The summed E-state index contributed by atoms with van der Waals surface area (Å²) in [5.74, 6) is 0.943. The number of aromatic nitrogens is 2. The lowest BCUT2D eigenvalue weighted by Crippen LogP contribution is -2.07. The number of alkyl halides is 1. The molecule has 0 bridgehead atoms. The molecule has 0 aliphatic rings. The van der Waals surface area contributed by atoms with E-state index >= 15 is 0 Å². The number of para-hydroxylation sites is 2. The third kappa shape index (κ3) is 4.43. The summed E-state index contributed by atoms with van der Waals surface area (Å²) < 4.78 is 12.7. The second-order valence-electron chi connectivity index (χ2n) is 5.04. The number of aryl methyl sites for hydroxylation is 1. The lowest BCUT2D eigenvalue weighted by molar-refractivity contribution is 0.0684. The van der Waals surface area contributed by atoms with Crippen molar-refractivity contribution in [3.63, 3.8) is 0 Å². The first-order chi connectivity index (χ1) is 10.2. The van der Waals surface area contributed by atoms with E-state index in [1.165, 1.54) is 0 Å². The number of imidazole rings is 1. The van der Waals surface area contributed by atoms with Crippen molar-refractivity contribution in [2.24, 2.45) is 0 Å². The number of benzene rings is 1. The van der Waals surface area contributed by atoms with Crippen LogP contribution in [0.5, 0.6) is 0 Å². The number of unbranched alkanes of at least 4 members (excludes halogenated alkanes) is 1. The molecular weight excluding hydrogens is 288 g/mol. The minimum absolute atomic E-state index is 0.0876. The smallest absolute Gasteiger partial charge is 0.127 e. The van der Waals surface area contributed by atoms with Crippen molar-refractivity contribution in [3.05, 3.63) is 30.1 Å². The van der Waals surface area contributed by atoms with Crippen molar-refractivity contribution in [1.29, 1.82) is 0 Å². The number of halogens is 1. The summed E-state index contributed by atoms with van der Waals surface area (Å²) in [6.45, 7) is 4.96. The Morgan fingerprint density at radius 2 is 2.00 bits per heavy atom. The van der Waals surface area contributed by atoms with Gasteiger partial charge in [-0.25, -0.2) is 4.98 Å². The monoisotopic (exact) mass is 310 g/mol. The minimum Gasteiger partial charge on any atom is -0.382 e. The van der Waals surface area contributed by atoms with Crippen LogP contribution < -0.4 is 0 Å². The molecule has 0 amide bonds. The molecule has 0 saturated heterocycles. The number of hydrogen-bond donors (Lipinski definition) is 0. The first kappa shape index (κ1) is 16.3. The number of ether oxygens (including phenoxy) is 2. The van der Waals surface area contributed by atoms with Crippen molar-refractivity contribution in [1.82, 2.24) is 9.55 Å². The minimum atomic E-state index is -0.0876. The number of methoxy groups -OCH3 is 1. The molecule has 1 heterocycles. The van der Waals surface area contributed by atoms with Crippen LogP contribution in [-0.2, 0) is 16.0 Å². The predicted octanol–water partition coefficient (Wildman–Crippen LogP) is 3.78. The molecule has 1 unspecified atom stereocenters. The fourth-order valence-corrected chi connectivity index (χ4v) is 2.52. The summed E-state index contributed by atoms with van der Waals surface area (Å²) in [4.78, 5) is 4.63. The zero-order valence-electron chi connectivity index (χ0n) is 12.7. The summed E-state index contributed by atoms with van der Waals surface area (Å²) in [6.07, 6.45) is 2.07. The fourth-order valence-electron chi connectivity index (χ4n) is 2.35. The first-order valence-corrected chi connectivity index (χ1v) is 7.83. The quantitative estimate of drug-likeness (QED) is 0.522. The van der Waals surface area contributed by atoms with Gasteiger partial charge in [0.1, 0.15) is 5.82 Å². The van der Waals surface area contributed by atoms with Crippen LogP contribution in [0.2, 0.25) is 0 Å². The summed E-state index contributed by atoms with van der Waals surface area (Å²) in [5.41, 5.74) is 2.16. The highest BCUT2D eigenvalue weighted by atomic mass is 35.5. The summed E-state index contributed by atoms with van der Waals surface area (Å²) in [6, 6.07) is 8.17. The van der Waals surface area contributed by atoms with Crippen LogP contribution in [0.4, 0.5) is 0 Å². The van der Waals surface area contributed by atoms with Gasteiger partial charge in [0.05, 0.1) is 29.6 Å². The Kier molecular flexibility index (Phi) is 6.49. The van der Waals surface area contributed by atoms with Crippen LogP contribution in [0.3, 0.4) is 0 Å². The van der Waals surface area contributed by atoms with Crippen molar-refractivity contribution in [3.8, 4) is 0 Å². The average molecular weight is 311 g/mol. The molecule has 0 radical (unpaired) electrons. The Balaban J connectivity index is 1.93. The molecule has 4 nitrogen and oxygen atoms in total. The Hall–Kier alpha value is -1.10. The molecule has 0 fully saturated rings. The molecule has 21 heavy (non-hydrogen) atoms. The van der Waals surface area contributed by atoms with Gasteiger partial charge < -0.3 is 14.0 Å². The fraction of sp³-hybridized carbons (Fsp3) is 0.562. The van der Waals surface area contributed by atoms with E-state index < -0.39 is 0 Å². The topological polar surface area (TPSA) is 36.3 Å². The van der Waals surface area contributed by atoms with Gasteiger partial charge >= 0.3 is 0 Å². The zero-order valence-corrected chi connectivity index (χ0v) is 13.5. The van der Waals surface area contributed by atoms with Gasteiger partial charge in [0.25, 0.3) is 0 Å². The number of hydrogen-bond acceptors (Lipinski definition) is 3. The van der Waals surface area contributed by atoms with Gasteiger partial charge in [-0.2, -0.15) is 0 Å². The van der Waals surface area contributed by atoms with E-state index in [1.807, 2.05) is 25.1 Å². The SMILES string of the molecule is COCCOCCCCn1c(C(C)Cl)nc2ccccc21. The maximum absolute atomic E-state index is 6.26. The average Bonchev–Trinajstić information content (AvgIpc) is 2.85. The Bertz CT molecular complexity index is 554. The largest absolute Gasteiger partial charge is 0.382 e. The lowest BCUT2D eigenvalue weighted by atomic mass is 10.3. The van der Waals surface area contributed by atoms with Crippen LogP contribution in [-0.4, -0.2) is 36.5 Å². The molecule has 0 saturated carbocycles. The molecule has 2 aromatic rings. The van der Waals surface area contributed by atoms with Crippen molar-refractivity contribution < 1.29 is 9.47 Å². The highest BCUT2D eigenvalue weighted by Gasteiger charge is 2.13. The van der Waals surface area contributed by atoms with E-state index in [-0.39, 0.29) is 5.38 Å². The molecule has 1 atom stereocenters. The van der Waals surface area contributed by atoms with Gasteiger partial charge in [-0.3, -0.25) is 0 Å². The number of fused-ring (bicyclic) bond motifs is 1. The number of nitrogens with zero attached hydrogens (tertiary/aromatic N) is 2. The highest BCUT2D eigenvalue weighted by Crippen LogP contribution is 2.24. The molecule has 2 rings (SSSR count). The van der Waals surface area contributed by atoms with Crippen LogP contribution in [0.1, 0.15) is 31.0 Å². The predicted molar refractivity (Wildman–Crippen MR) is 85.9 cm³/mol. The molecular formula is C16H23ClN2O2. The maximum Gasteiger partial charge on any atom is 0.127 e. The Labute approximate surface area is 131 Å². The summed E-state index contributed by atoms with van der Waals surface area (Å²) >= 11 is 6.26. The van der Waals surface area contributed by atoms with E-state index in [4.69, 9.17) is 21.1 Å². The molecule has 1 aromatic carbocycles. The normalized spacial score (nSPS) is 12.9. The van der Waals surface area contributed by atoms with Crippen LogP contribution in [0, 0.1) is 0 Å². The van der Waals surface area contributed by atoms with Gasteiger partial charge in [-0.15, -0.1) is 11.6 Å². The third-order valence-electron chi connectivity index (χ3n) is 3.39. The van der Waals surface area contributed by atoms with Gasteiger partial charge in [-0.1, -0.05) is 12.1 Å². The molecule has 5 heteroatoms. The van der Waals surface area contributed by atoms with Crippen LogP contribution in [0.15, 0.2) is 24.3 Å². The number of rotatable bonds is 9. The van der Waals surface area contributed by atoms with Crippen molar-refractivity contribution >= 4 is 22.6 Å². The van der Waals surface area contributed by atoms with Crippen LogP contribution in [0.25, 0.3) is 11.0 Å². The second kappa shape index (κ2) is 8.37. The standard InChI is InChI=1S/C16H23ClN2O2/c1-13(17)16-18-14-7-3-4-8-15(14)19(16)9-5-6-10-21-12-11-20-2/h3-4,7-8,13H,5-6,9-12H2,1-2H3. The van der Waals surface area contributed by atoms with Gasteiger partial charge in [0.15, 0.2) is 0 Å². The first-order valence-electron chi connectivity index (χ1n) is 7.40. The molecule has 0 aliphatic heterocycles. The molecule has 116 valence electrons.